The lowest BCUT2D eigenvalue weighted by molar-refractivity contribution is 0.117. The first-order valence-electron chi connectivity index (χ1n) is 6.63. The molecule has 0 radical (unpaired) electrons. The van der Waals surface area contributed by atoms with Crippen molar-refractivity contribution in [2.75, 3.05) is 6.54 Å². The van der Waals surface area contributed by atoms with Gasteiger partial charge in [-0.1, -0.05) is 23.7 Å². The molecular formula is C14H18ClFN2. The van der Waals surface area contributed by atoms with Crippen molar-refractivity contribution in [2.24, 2.45) is 5.73 Å². The van der Waals surface area contributed by atoms with Gasteiger partial charge in [-0.2, -0.15) is 0 Å². The zero-order valence-corrected chi connectivity index (χ0v) is 11.0. The van der Waals surface area contributed by atoms with Crippen molar-refractivity contribution in [1.29, 1.82) is 0 Å². The van der Waals surface area contributed by atoms with Gasteiger partial charge in [0.15, 0.2) is 0 Å². The molecule has 1 aliphatic heterocycles. The molecule has 1 aromatic rings. The van der Waals surface area contributed by atoms with E-state index in [-0.39, 0.29) is 22.9 Å². The monoisotopic (exact) mass is 268 g/mol. The molecule has 1 heterocycles. The summed E-state index contributed by atoms with van der Waals surface area (Å²) in [5, 5.41) is 0.195. The van der Waals surface area contributed by atoms with Crippen LogP contribution in [0.4, 0.5) is 4.39 Å². The average Bonchev–Trinajstić information content (AvgIpc) is 3.17. The van der Waals surface area contributed by atoms with Gasteiger partial charge in [0, 0.05) is 17.6 Å². The van der Waals surface area contributed by atoms with Crippen LogP contribution in [-0.2, 0) is 0 Å². The second kappa shape index (κ2) is 4.80. The highest BCUT2D eigenvalue weighted by atomic mass is 35.5. The molecule has 0 aromatic heterocycles. The zero-order chi connectivity index (χ0) is 12.7. The molecule has 2 nitrogen and oxygen atoms in total. The number of piperidine rings is 1. The van der Waals surface area contributed by atoms with Gasteiger partial charge in [-0.05, 0) is 38.3 Å². The second-order valence-electron chi connectivity index (χ2n) is 5.36. The highest BCUT2D eigenvalue weighted by Crippen LogP contribution is 2.40. The van der Waals surface area contributed by atoms with Crippen molar-refractivity contribution < 1.29 is 4.39 Å². The van der Waals surface area contributed by atoms with Crippen molar-refractivity contribution in [1.82, 2.24) is 4.90 Å². The van der Waals surface area contributed by atoms with Crippen molar-refractivity contribution in [3.63, 3.8) is 0 Å². The maximum atomic E-state index is 14.2. The van der Waals surface area contributed by atoms with E-state index in [2.05, 4.69) is 4.90 Å². The lowest BCUT2D eigenvalue weighted by atomic mass is 9.90. The molecule has 1 aromatic carbocycles. The van der Waals surface area contributed by atoms with Crippen molar-refractivity contribution in [3.8, 4) is 0 Å². The minimum atomic E-state index is -0.299. The molecule has 3 rings (SSSR count). The van der Waals surface area contributed by atoms with Gasteiger partial charge in [-0.25, -0.2) is 4.39 Å². The van der Waals surface area contributed by atoms with Crippen LogP contribution in [0.25, 0.3) is 0 Å². The van der Waals surface area contributed by atoms with E-state index < -0.39 is 0 Å². The number of benzene rings is 1. The summed E-state index contributed by atoms with van der Waals surface area (Å²) in [6.07, 6.45) is 4.49. The first-order chi connectivity index (χ1) is 8.68. The van der Waals surface area contributed by atoms with E-state index in [9.17, 15) is 4.39 Å². The van der Waals surface area contributed by atoms with Crippen LogP contribution in [-0.4, -0.2) is 23.5 Å². The number of hydrogen-bond donors (Lipinski definition) is 1. The number of nitrogens with zero attached hydrogens (tertiary/aromatic N) is 1. The van der Waals surface area contributed by atoms with E-state index in [4.69, 9.17) is 17.3 Å². The summed E-state index contributed by atoms with van der Waals surface area (Å²) in [6, 6.07) is 5.83. The standard InChI is InChI=1S/C14H18ClFN2/c15-11-4-1-3-10(13(11)16)14-12(17)5-2-8-18(14)9-6-7-9/h1,3-4,9,12,14H,2,5-8,17H2. The zero-order valence-electron chi connectivity index (χ0n) is 10.3. The molecule has 18 heavy (non-hydrogen) atoms. The van der Waals surface area contributed by atoms with Crippen molar-refractivity contribution in [2.45, 2.75) is 43.8 Å². The summed E-state index contributed by atoms with van der Waals surface area (Å²) in [5.74, 6) is -0.299. The Labute approximate surface area is 112 Å². The molecule has 2 N–H and O–H groups in total. The van der Waals surface area contributed by atoms with Crippen LogP contribution in [0.5, 0.6) is 0 Å². The number of likely N-dealkylation sites (tertiary alicyclic amines) is 1. The molecule has 4 heteroatoms. The lowest BCUT2D eigenvalue weighted by Crippen LogP contribution is -2.47. The minimum absolute atomic E-state index is 0.00677. The van der Waals surface area contributed by atoms with E-state index in [1.54, 1.807) is 6.07 Å². The fourth-order valence-electron chi connectivity index (χ4n) is 3.03. The van der Waals surface area contributed by atoms with Gasteiger partial charge in [-0.15, -0.1) is 0 Å². The normalized spacial score (nSPS) is 29.5. The van der Waals surface area contributed by atoms with E-state index in [0.717, 1.165) is 19.4 Å². The molecule has 1 saturated carbocycles. The lowest BCUT2D eigenvalue weighted by Gasteiger charge is -2.40. The Bertz CT molecular complexity index is 447. The molecule has 2 aliphatic rings. The Morgan fingerprint density at radius 1 is 1.28 bits per heavy atom. The molecule has 0 bridgehead atoms. The summed E-state index contributed by atoms with van der Waals surface area (Å²) in [7, 11) is 0. The van der Waals surface area contributed by atoms with E-state index in [1.807, 2.05) is 12.1 Å². The van der Waals surface area contributed by atoms with Crippen LogP contribution in [0.15, 0.2) is 18.2 Å². The van der Waals surface area contributed by atoms with Crippen LogP contribution in [0.1, 0.15) is 37.3 Å². The summed E-state index contributed by atoms with van der Waals surface area (Å²) in [6.45, 7) is 1.02. The predicted molar refractivity (Wildman–Crippen MR) is 71.1 cm³/mol. The van der Waals surface area contributed by atoms with Crippen LogP contribution in [0, 0.1) is 5.82 Å². The number of halogens is 2. The van der Waals surface area contributed by atoms with Crippen LogP contribution in [0.3, 0.4) is 0 Å². The Morgan fingerprint density at radius 3 is 2.78 bits per heavy atom. The third kappa shape index (κ3) is 2.15. The summed E-state index contributed by atoms with van der Waals surface area (Å²) in [5.41, 5.74) is 6.90. The fourth-order valence-corrected chi connectivity index (χ4v) is 3.21. The average molecular weight is 269 g/mol. The Morgan fingerprint density at radius 2 is 2.06 bits per heavy atom. The van der Waals surface area contributed by atoms with E-state index >= 15 is 0 Å². The summed E-state index contributed by atoms with van der Waals surface area (Å²) >= 11 is 5.89. The van der Waals surface area contributed by atoms with Gasteiger partial charge >= 0.3 is 0 Å². The Hall–Kier alpha value is -0.640. The Kier molecular flexibility index (Phi) is 3.31. The summed E-state index contributed by atoms with van der Waals surface area (Å²) < 4.78 is 14.2. The summed E-state index contributed by atoms with van der Waals surface area (Å²) in [4.78, 5) is 2.38. The fraction of sp³-hybridized carbons (Fsp3) is 0.571. The van der Waals surface area contributed by atoms with Gasteiger partial charge < -0.3 is 5.73 Å². The third-order valence-corrected chi connectivity index (χ3v) is 4.32. The van der Waals surface area contributed by atoms with Gasteiger partial charge in [-0.3, -0.25) is 4.90 Å². The molecular weight excluding hydrogens is 251 g/mol. The Balaban J connectivity index is 1.97. The second-order valence-corrected chi connectivity index (χ2v) is 5.77. The third-order valence-electron chi connectivity index (χ3n) is 4.03. The van der Waals surface area contributed by atoms with Crippen molar-refractivity contribution in [3.05, 3.63) is 34.6 Å². The quantitative estimate of drug-likeness (QED) is 0.893. The largest absolute Gasteiger partial charge is 0.326 e. The SMILES string of the molecule is NC1CCCN(C2CC2)C1c1cccc(Cl)c1F. The van der Waals surface area contributed by atoms with Crippen molar-refractivity contribution >= 4 is 11.6 Å². The maximum absolute atomic E-state index is 14.2. The molecule has 1 saturated heterocycles. The maximum Gasteiger partial charge on any atom is 0.146 e. The molecule has 1 aliphatic carbocycles. The molecule has 2 unspecified atom stereocenters. The number of nitrogens with two attached hydrogens (primary N) is 1. The molecule has 2 atom stereocenters. The molecule has 98 valence electrons. The highest BCUT2D eigenvalue weighted by Gasteiger charge is 2.40. The van der Waals surface area contributed by atoms with Gasteiger partial charge in [0.05, 0.1) is 11.1 Å². The van der Waals surface area contributed by atoms with E-state index in [0.29, 0.717) is 11.6 Å². The number of rotatable bonds is 2. The first kappa shape index (κ1) is 12.4. The first-order valence-corrected chi connectivity index (χ1v) is 7.01. The van der Waals surface area contributed by atoms with Gasteiger partial charge in [0.25, 0.3) is 0 Å². The van der Waals surface area contributed by atoms with Crippen LogP contribution in [0.2, 0.25) is 5.02 Å². The van der Waals surface area contributed by atoms with Crippen LogP contribution < -0.4 is 5.73 Å². The molecule has 0 spiro atoms. The molecule has 0 amide bonds. The topological polar surface area (TPSA) is 29.3 Å². The molecule has 2 fully saturated rings. The van der Waals surface area contributed by atoms with Crippen LogP contribution >= 0.6 is 11.6 Å². The smallest absolute Gasteiger partial charge is 0.146 e. The highest BCUT2D eigenvalue weighted by molar-refractivity contribution is 6.30. The van der Waals surface area contributed by atoms with Gasteiger partial charge in [0.2, 0.25) is 0 Å². The minimum Gasteiger partial charge on any atom is -0.326 e. The number of hydrogen-bond acceptors (Lipinski definition) is 2. The van der Waals surface area contributed by atoms with E-state index in [1.165, 1.54) is 12.8 Å². The predicted octanol–water partition coefficient (Wildman–Crippen LogP) is 3.11. The van der Waals surface area contributed by atoms with Gasteiger partial charge in [0.1, 0.15) is 5.82 Å².